The SMILES string of the molecule is CCOC(=O)c1cnc(Cl)cc1Br. The van der Waals surface area contributed by atoms with Crippen LogP contribution in [0.4, 0.5) is 0 Å². The Kier molecular flexibility index (Phi) is 3.69. The summed E-state index contributed by atoms with van der Waals surface area (Å²) in [5.41, 5.74) is 0.381. The summed E-state index contributed by atoms with van der Waals surface area (Å²) in [7, 11) is 0. The lowest BCUT2D eigenvalue weighted by atomic mass is 10.3. The summed E-state index contributed by atoms with van der Waals surface area (Å²) in [4.78, 5) is 15.0. The van der Waals surface area contributed by atoms with Crippen LogP contribution >= 0.6 is 27.5 Å². The third kappa shape index (κ3) is 2.67. The van der Waals surface area contributed by atoms with Crippen LogP contribution in [0.15, 0.2) is 16.7 Å². The van der Waals surface area contributed by atoms with Crippen molar-refractivity contribution in [3.63, 3.8) is 0 Å². The van der Waals surface area contributed by atoms with E-state index < -0.39 is 5.97 Å². The number of carbonyl (C=O) groups is 1. The van der Waals surface area contributed by atoms with Crippen molar-refractivity contribution >= 4 is 33.5 Å². The summed E-state index contributed by atoms with van der Waals surface area (Å²) in [5, 5.41) is 0.333. The number of aromatic nitrogens is 1. The number of hydrogen-bond donors (Lipinski definition) is 0. The Hall–Kier alpha value is -0.610. The van der Waals surface area contributed by atoms with Gasteiger partial charge in [0.1, 0.15) is 5.15 Å². The zero-order valence-corrected chi connectivity index (χ0v) is 9.22. The molecule has 0 N–H and O–H groups in total. The molecule has 0 fully saturated rings. The van der Waals surface area contributed by atoms with Gasteiger partial charge in [0.25, 0.3) is 0 Å². The van der Waals surface area contributed by atoms with Crippen LogP contribution in [0, 0.1) is 0 Å². The fourth-order valence-corrected chi connectivity index (χ4v) is 1.54. The van der Waals surface area contributed by atoms with Crippen molar-refractivity contribution in [1.29, 1.82) is 0 Å². The summed E-state index contributed by atoms with van der Waals surface area (Å²) in [6.45, 7) is 2.09. The summed E-state index contributed by atoms with van der Waals surface area (Å²) < 4.78 is 5.39. The van der Waals surface area contributed by atoms with Crippen molar-refractivity contribution in [1.82, 2.24) is 4.98 Å². The molecule has 5 heteroatoms. The lowest BCUT2D eigenvalue weighted by Crippen LogP contribution is -2.05. The van der Waals surface area contributed by atoms with Crippen molar-refractivity contribution < 1.29 is 9.53 Å². The van der Waals surface area contributed by atoms with Crippen molar-refractivity contribution in [3.8, 4) is 0 Å². The molecule has 1 rings (SSSR count). The van der Waals surface area contributed by atoms with Crippen molar-refractivity contribution in [2.24, 2.45) is 0 Å². The number of hydrogen-bond acceptors (Lipinski definition) is 3. The Morgan fingerprint density at radius 1 is 1.77 bits per heavy atom. The molecule has 3 nitrogen and oxygen atoms in total. The molecule has 0 radical (unpaired) electrons. The predicted molar refractivity (Wildman–Crippen MR) is 52.9 cm³/mol. The van der Waals surface area contributed by atoms with E-state index in [0.717, 1.165) is 0 Å². The molecule has 0 saturated heterocycles. The highest BCUT2D eigenvalue weighted by atomic mass is 79.9. The topological polar surface area (TPSA) is 39.2 Å². The summed E-state index contributed by atoms with van der Waals surface area (Å²) >= 11 is 8.80. The third-order valence-corrected chi connectivity index (χ3v) is 2.18. The molecule has 0 amide bonds. The second kappa shape index (κ2) is 4.58. The van der Waals surface area contributed by atoms with E-state index in [1.165, 1.54) is 6.20 Å². The quantitative estimate of drug-likeness (QED) is 0.609. The number of pyridine rings is 1. The van der Waals surface area contributed by atoms with Gasteiger partial charge in [-0.05, 0) is 28.9 Å². The van der Waals surface area contributed by atoms with Crippen LogP contribution in [-0.2, 0) is 4.74 Å². The molecule has 1 aromatic heterocycles. The number of ether oxygens (including phenoxy) is 1. The number of halogens is 2. The van der Waals surface area contributed by atoms with Crippen LogP contribution < -0.4 is 0 Å². The fraction of sp³-hybridized carbons (Fsp3) is 0.250. The maximum Gasteiger partial charge on any atom is 0.340 e. The van der Waals surface area contributed by atoms with E-state index in [2.05, 4.69) is 20.9 Å². The van der Waals surface area contributed by atoms with Gasteiger partial charge in [-0.25, -0.2) is 9.78 Å². The number of carbonyl (C=O) groups excluding carboxylic acids is 1. The Bertz CT molecular complexity index is 330. The Morgan fingerprint density at radius 3 is 3.00 bits per heavy atom. The maximum absolute atomic E-state index is 11.2. The molecule has 1 aromatic rings. The molecular weight excluding hydrogens is 257 g/mol. The highest BCUT2D eigenvalue weighted by Gasteiger charge is 2.11. The minimum Gasteiger partial charge on any atom is -0.462 e. The first-order valence-corrected chi connectivity index (χ1v) is 4.80. The molecule has 0 spiro atoms. The summed E-state index contributed by atoms with van der Waals surface area (Å²) in [5.74, 6) is -0.404. The van der Waals surface area contributed by atoms with Gasteiger partial charge in [0, 0.05) is 10.7 Å². The van der Waals surface area contributed by atoms with E-state index >= 15 is 0 Å². The molecule has 13 heavy (non-hydrogen) atoms. The lowest BCUT2D eigenvalue weighted by molar-refractivity contribution is 0.0525. The van der Waals surface area contributed by atoms with Gasteiger partial charge in [-0.3, -0.25) is 0 Å². The van der Waals surface area contributed by atoms with Gasteiger partial charge >= 0.3 is 5.97 Å². The van der Waals surface area contributed by atoms with Crippen molar-refractivity contribution in [2.45, 2.75) is 6.92 Å². The molecule has 0 unspecified atom stereocenters. The van der Waals surface area contributed by atoms with Crippen LogP contribution in [0.5, 0.6) is 0 Å². The fourth-order valence-electron chi connectivity index (χ4n) is 0.767. The zero-order chi connectivity index (χ0) is 9.84. The Morgan fingerprint density at radius 2 is 2.46 bits per heavy atom. The zero-order valence-electron chi connectivity index (χ0n) is 6.88. The molecule has 0 bridgehead atoms. The Balaban J connectivity index is 2.95. The number of nitrogens with zero attached hydrogens (tertiary/aromatic N) is 1. The van der Waals surface area contributed by atoms with Crippen LogP contribution in [0.25, 0.3) is 0 Å². The van der Waals surface area contributed by atoms with Crippen LogP contribution in [-0.4, -0.2) is 17.6 Å². The molecule has 0 saturated carbocycles. The summed E-state index contributed by atoms with van der Waals surface area (Å²) in [6.07, 6.45) is 1.38. The highest BCUT2D eigenvalue weighted by molar-refractivity contribution is 9.10. The van der Waals surface area contributed by atoms with E-state index in [9.17, 15) is 4.79 Å². The smallest absolute Gasteiger partial charge is 0.340 e. The van der Waals surface area contributed by atoms with Gasteiger partial charge in [0.05, 0.1) is 12.2 Å². The highest BCUT2D eigenvalue weighted by Crippen LogP contribution is 2.19. The van der Waals surface area contributed by atoms with Crippen molar-refractivity contribution in [3.05, 3.63) is 27.5 Å². The van der Waals surface area contributed by atoms with E-state index in [1.54, 1.807) is 13.0 Å². The number of rotatable bonds is 2. The minimum atomic E-state index is -0.404. The standard InChI is InChI=1S/C8H7BrClNO2/c1-2-13-8(12)5-4-11-7(10)3-6(5)9/h3-4H,2H2,1H3. The summed E-state index contributed by atoms with van der Waals surface area (Å²) in [6, 6.07) is 1.55. The molecule has 0 atom stereocenters. The first-order valence-electron chi connectivity index (χ1n) is 3.63. The molecular formula is C8H7BrClNO2. The van der Waals surface area contributed by atoms with Crippen LogP contribution in [0.2, 0.25) is 5.15 Å². The van der Waals surface area contributed by atoms with Gasteiger partial charge in [0.15, 0.2) is 0 Å². The molecule has 0 aliphatic heterocycles. The second-order valence-electron chi connectivity index (χ2n) is 2.21. The third-order valence-electron chi connectivity index (χ3n) is 1.32. The molecule has 0 aromatic carbocycles. The maximum atomic E-state index is 11.2. The molecule has 70 valence electrons. The first-order chi connectivity index (χ1) is 6.15. The van der Waals surface area contributed by atoms with E-state index in [1.807, 2.05) is 0 Å². The van der Waals surface area contributed by atoms with Gasteiger partial charge < -0.3 is 4.74 Å². The van der Waals surface area contributed by atoms with E-state index in [4.69, 9.17) is 16.3 Å². The van der Waals surface area contributed by atoms with Crippen LogP contribution in [0.1, 0.15) is 17.3 Å². The van der Waals surface area contributed by atoms with Crippen LogP contribution in [0.3, 0.4) is 0 Å². The van der Waals surface area contributed by atoms with Gasteiger partial charge in [0.2, 0.25) is 0 Å². The lowest BCUT2D eigenvalue weighted by Gasteiger charge is -2.02. The first kappa shape index (κ1) is 10.5. The van der Waals surface area contributed by atoms with Gasteiger partial charge in [-0.15, -0.1) is 0 Å². The van der Waals surface area contributed by atoms with Crippen molar-refractivity contribution in [2.75, 3.05) is 6.61 Å². The largest absolute Gasteiger partial charge is 0.462 e. The molecule has 1 heterocycles. The monoisotopic (exact) mass is 263 g/mol. The number of esters is 1. The van der Waals surface area contributed by atoms with E-state index in [-0.39, 0.29) is 0 Å². The average molecular weight is 265 g/mol. The molecule has 0 aliphatic carbocycles. The minimum absolute atomic E-state index is 0.333. The van der Waals surface area contributed by atoms with E-state index in [0.29, 0.717) is 21.8 Å². The van der Waals surface area contributed by atoms with Gasteiger partial charge in [-0.2, -0.15) is 0 Å². The molecule has 0 aliphatic rings. The average Bonchev–Trinajstić information content (AvgIpc) is 2.04. The second-order valence-corrected chi connectivity index (χ2v) is 3.45. The Labute approximate surface area is 89.2 Å². The van der Waals surface area contributed by atoms with Gasteiger partial charge in [-0.1, -0.05) is 11.6 Å². The predicted octanol–water partition coefficient (Wildman–Crippen LogP) is 2.67. The normalized spacial score (nSPS) is 9.77.